The van der Waals surface area contributed by atoms with Crippen LogP contribution in [0.4, 0.5) is 0 Å². The number of hydrogen-bond acceptors (Lipinski definition) is 15. The van der Waals surface area contributed by atoms with Gasteiger partial charge in [-0.05, 0) is 6.42 Å². The average molecular weight is 485 g/mol. The lowest BCUT2D eigenvalue weighted by atomic mass is 9.84. The lowest BCUT2D eigenvalue weighted by molar-refractivity contribution is -0.332. The highest BCUT2D eigenvalue weighted by molar-refractivity contribution is 5.01. The lowest BCUT2D eigenvalue weighted by Crippen LogP contribution is -2.68. The van der Waals surface area contributed by atoms with Gasteiger partial charge in [-0.25, -0.2) is 0 Å². The van der Waals surface area contributed by atoms with Gasteiger partial charge in [-0.15, -0.1) is 0 Å². The second-order valence-electron chi connectivity index (χ2n) is 8.79. The second-order valence-corrected chi connectivity index (χ2v) is 8.79. The molecule has 15 nitrogen and oxygen atoms in total. The van der Waals surface area contributed by atoms with E-state index >= 15 is 0 Å². The predicted octanol–water partition coefficient (Wildman–Crippen LogP) is -7.29. The molecule has 1 saturated carbocycles. The summed E-state index contributed by atoms with van der Waals surface area (Å²) in [4.78, 5) is 0. The smallest absolute Gasteiger partial charge is 0.187 e. The van der Waals surface area contributed by atoms with Gasteiger partial charge in [-0.1, -0.05) is 0 Å². The summed E-state index contributed by atoms with van der Waals surface area (Å²) in [6, 6.07) is -2.86. The minimum Gasteiger partial charge on any atom is -0.394 e. The fourth-order valence-corrected chi connectivity index (χ4v) is 4.40. The number of aliphatic hydroxyl groups excluding tert-OH is 7. The van der Waals surface area contributed by atoms with E-state index in [-0.39, 0.29) is 13.0 Å². The second kappa shape index (κ2) is 11.0. The molecule has 0 aromatic carbocycles. The third kappa shape index (κ3) is 5.32. The van der Waals surface area contributed by atoms with Crippen molar-refractivity contribution in [2.45, 2.75) is 98.2 Å². The first-order chi connectivity index (χ1) is 15.5. The molecule has 0 aromatic rings. The Morgan fingerprint density at radius 2 is 1.18 bits per heavy atom. The molecule has 0 radical (unpaired) electrons. The van der Waals surface area contributed by atoms with Crippen LogP contribution in [0.15, 0.2) is 0 Å². The molecule has 3 aliphatic rings. The first kappa shape index (κ1) is 27.0. The van der Waals surface area contributed by atoms with Crippen molar-refractivity contribution in [3.63, 3.8) is 0 Å². The van der Waals surface area contributed by atoms with E-state index in [1.165, 1.54) is 0 Å². The maximum atomic E-state index is 10.9. The zero-order chi connectivity index (χ0) is 24.6. The third-order valence-corrected chi connectivity index (χ3v) is 6.48. The molecular formula is C18H36N4O11. The lowest BCUT2D eigenvalue weighted by Gasteiger charge is -2.48. The van der Waals surface area contributed by atoms with Gasteiger partial charge in [0, 0.05) is 18.6 Å². The molecule has 33 heavy (non-hydrogen) atoms. The molecule has 9 unspecified atom stereocenters. The molecule has 0 amide bonds. The average Bonchev–Trinajstić information content (AvgIpc) is 2.79. The molecule has 0 aromatic heterocycles. The largest absolute Gasteiger partial charge is 0.394 e. The number of hydrogen-bond donors (Lipinski definition) is 11. The summed E-state index contributed by atoms with van der Waals surface area (Å²) in [7, 11) is 0. The zero-order valence-electron chi connectivity index (χ0n) is 17.9. The van der Waals surface area contributed by atoms with Gasteiger partial charge < -0.3 is 77.6 Å². The van der Waals surface area contributed by atoms with Gasteiger partial charge in [0.05, 0.1) is 12.6 Å². The van der Waals surface area contributed by atoms with E-state index < -0.39 is 98.4 Å². The molecule has 2 saturated heterocycles. The summed E-state index contributed by atoms with van der Waals surface area (Å²) >= 11 is 0. The Labute approximate surface area is 189 Å². The molecule has 0 spiro atoms. The van der Waals surface area contributed by atoms with Crippen molar-refractivity contribution in [2.24, 2.45) is 22.9 Å². The van der Waals surface area contributed by atoms with Crippen LogP contribution in [0.25, 0.3) is 0 Å². The summed E-state index contributed by atoms with van der Waals surface area (Å²) in [5.41, 5.74) is 23.5. The fourth-order valence-electron chi connectivity index (χ4n) is 4.40. The first-order valence-electron chi connectivity index (χ1n) is 10.8. The highest BCUT2D eigenvalue weighted by Gasteiger charge is 2.51. The summed E-state index contributed by atoms with van der Waals surface area (Å²) in [6.45, 7) is -0.763. The molecule has 194 valence electrons. The topological polar surface area (TPSA) is 283 Å². The molecule has 3 fully saturated rings. The maximum absolute atomic E-state index is 10.9. The molecular weight excluding hydrogens is 448 g/mol. The van der Waals surface area contributed by atoms with E-state index in [4.69, 9.17) is 41.9 Å². The van der Waals surface area contributed by atoms with E-state index in [0.717, 1.165) is 0 Å². The Hall–Kier alpha value is -0.600. The van der Waals surface area contributed by atoms with Gasteiger partial charge in [0.25, 0.3) is 0 Å². The van der Waals surface area contributed by atoms with Crippen molar-refractivity contribution in [2.75, 3.05) is 13.2 Å². The van der Waals surface area contributed by atoms with Crippen LogP contribution in [0.5, 0.6) is 0 Å². The van der Waals surface area contributed by atoms with E-state index in [1.807, 2.05) is 0 Å². The molecule has 2 heterocycles. The van der Waals surface area contributed by atoms with Crippen LogP contribution in [-0.2, 0) is 18.9 Å². The maximum Gasteiger partial charge on any atom is 0.187 e. The van der Waals surface area contributed by atoms with Crippen LogP contribution in [0, 0.1) is 0 Å². The van der Waals surface area contributed by atoms with E-state index in [0.29, 0.717) is 0 Å². The van der Waals surface area contributed by atoms with Gasteiger partial charge in [0.1, 0.15) is 61.0 Å². The summed E-state index contributed by atoms with van der Waals surface area (Å²) in [5.74, 6) is 0. The van der Waals surface area contributed by atoms with Gasteiger partial charge >= 0.3 is 0 Å². The van der Waals surface area contributed by atoms with Crippen LogP contribution >= 0.6 is 0 Å². The van der Waals surface area contributed by atoms with Gasteiger partial charge in [-0.3, -0.25) is 0 Å². The Morgan fingerprint density at radius 3 is 1.70 bits per heavy atom. The highest BCUT2D eigenvalue weighted by Crippen LogP contribution is 2.31. The number of aliphatic hydroxyl groups is 7. The van der Waals surface area contributed by atoms with Gasteiger partial charge in [0.15, 0.2) is 12.6 Å². The molecule has 3 rings (SSSR count). The third-order valence-electron chi connectivity index (χ3n) is 6.48. The van der Waals surface area contributed by atoms with Crippen LogP contribution in [-0.4, -0.2) is 141 Å². The Balaban J connectivity index is 1.72. The van der Waals surface area contributed by atoms with Crippen molar-refractivity contribution in [3.05, 3.63) is 0 Å². The fraction of sp³-hybridized carbons (Fsp3) is 1.00. The summed E-state index contributed by atoms with van der Waals surface area (Å²) in [5, 5.41) is 70.9. The standard InChI is InChI=1S/C18H36N4O11/c19-2-6-10(25)12(27)13(28)18(30-6)33-16-5(21)1-4(20)15(14(16)29)32-17-11(26)8(22)9(24)7(3-23)31-17/h4-18,23-29H,1-3,19-22H2/t4?,5-,6?,7+,8?,9?,10+,11+,12?,13?,14?,15-,16?,17?,18+/m0/s1. The zero-order valence-corrected chi connectivity index (χ0v) is 17.9. The van der Waals surface area contributed by atoms with Crippen LogP contribution in [0.3, 0.4) is 0 Å². The highest BCUT2D eigenvalue weighted by atomic mass is 16.7. The SMILES string of the molecule is NCC1O[C@H](OC2C(O)[C@@H](OC3O[C@H](CO)C(O)C(N)[C@H]3O)C(N)C[C@@H]2N)C(O)C(O)[C@@H]1O. The molecule has 15 N–H and O–H groups in total. The van der Waals surface area contributed by atoms with Crippen LogP contribution in [0.2, 0.25) is 0 Å². The minimum atomic E-state index is -1.66. The van der Waals surface area contributed by atoms with Crippen molar-refractivity contribution in [3.8, 4) is 0 Å². The molecule has 2 aliphatic heterocycles. The van der Waals surface area contributed by atoms with Crippen LogP contribution < -0.4 is 22.9 Å². The molecule has 1 aliphatic carbocycles. The number of rotatable bonds is 6. The Bertz CT molecular complexity index is 584. The molecule has 15 heteroatoms. The van der Waals surface area contributed by atoms with Gasteiger partial charge in [0.2, 0.25) is 0 Å². The van der Waals surface area contributed by atoms with E-state index in [2.05, 4.69) is 0 Å². The Morgan fingerprint density at radius 1 is 0.667 bits per heavy atom. The van der Waals surface area contributed by atoms with Gasteiger partial charge in [-0.2, -0.15) is 0 Å². The van der Waals surface area contributed by atoms with Crippen molar-refractivity contribution < 1.29 is 54.7 Å². The first-order valence-corrected chi connectivity index (χ1v) is 10.8. The van der Waals surface area contributed by atoms with Crippen molar-refractivity contribution in [1.82, 2.24) is 0 Å². The van der Waals surface area contributed by atoms with E-state index in [9.17, 15) is 35.7 Å². The van der Waals surface area contributed by atoms with Crippen LogP contribution in [0.1, 0.15) is 6.42 Å². The number of nitrogens with two attached hydrogens (primary N) is 4. The number of ether oxygens (including phenoxy) is 4. The monoisotopic (exact) mass is 484 g/mol. The summed E-state index contributed by atoms with van der Waals surface area (Å²) < 4.78 is 22.2. The molecule has 15 atom stereocenters. The summed E-state index contributed by atoms with van der Waals surface area (Å²) in [6.07, 6.45) is -16.5. The normalized spacial score (nSPS) is 53.7. The Kier molecular flexibility index (Phi) is 8.99. The van der Waals surface area contributed by atoms with E-state index in [1.54, 1.807) is 0 Å². The minimum absolute atomic E-state index is 0.0849. The predicted molar refractivity (Wildman–Crippen MR) is 108 cm³/mol. The quantitative estimate of drug-likeness (QED) is 0.167. The van der Waals surface area contributed by atoms with Crippen molar-refractivity contribution >= 4 is 0 Å². The van der Waals surface area contributed by atoms with Crippen molar-refractivity contribution in [1.29, 1.82) is 0 Å². The molecule has 0 bridgehead atoms.